The van der Waals surface area contributed by atoms with Gasteiger partial charge in [0, 0.05) is 16.2 Å². The Bertz CT molecular complexity index is 545. The Balaban J connectivity index is 2.34. The fraction of sp³-hybridized carbons (Fsp3) is 0. The highest BCUT2D eigenvalue weighted by atomic mass is 79.9. The minimum absolute atomic E-state index is 0.0496. The molecule has 1 aromatic carbocycles. The van der Waals surface area contributed by atoms with Crippen LogP contribution in [0.3, 0.4) is 0 Å². The number of pyridine rings is 1. The fourth-order valence-electron chi connectivity index (χ4n) is 1.21. The van der Waals surface area contributed by atoms with Crippen LogP contribution in [0.2, 0.25) is 5.15 Å². The first kappa shape index (κ1) is 12.1. The van der Waals surface area contributed by atoms with Gasteiger partial charge >= 0.3 is 0 Å². The van der Waals surface area contributed by atoms with Gasteiger partial charge in [0.05, 0.1) is 0 Å². The average Bonchev–Trinajstić information content (AvgIpc) is 2.22. The number of hydrogen-bond donors (Lipinski definition) is 1. The standard InChI is InChI=1S/C11H7BrClFN2O/c12-6-1-2-8(14)9(3-6)17-11-5-7(15)4-10(13)16-11/h1-5H,(H2,15,16). The van der Waals surface area contributed by atoms with Crippen LogP contribution in [-0.2, 0) is 0 Å². The molecule has 0 saturated carbocycles. The highest BCUT2D eigenvalue weighted by molar-refractivity contribution is 9.10. The Morgan fingerprint density at radius 1 is 1.29 bits per heavy atom. The van der Waals surface area contributed by atoms with Gasteiger partial charge < -0.3 is 10.5 Å². The zero-order chi connectivity index (χ0) is 12.4. The Morgan fingerprint density at radius 2 is 2.06 bits per heavy atom. The molecule has 0 spiro atoms. The van der Waals surface area contributed by atoms with Crippen molar-refractivity contribution in [3.05, 3.63) is 45.8 Å². The van der Waals surface area contributed by atoms with Crippen LogP contribution in [0.15, 0.2) is 34.8 Å². The molecule has 0 aliphatic rings. The Hall–Kier alpha value is -1.33. The summed E-state index contributed by atoms with van der Waals surface area (Å²) < 4.78 is 19.4. The van der Waals surface area contributed by atoms with Gasteiger partial charge in [0.2, 0.25) is 5.88 Å². The van der Waals surface area contributed by atoms with Gasteiger partial charge in [0.15, 0.2) is 11.6 Å². The van der Waals surface area contributed by atoms with Crippen molar-refractivity contribution in [3.8, 4) is 11.6 Å². The number of rotatable bonds is 2. The van der Waals surface area contributed by atoms with Gasteiger partial charge in [-0.25, -0.2) is 9.37 Å². The third-order valence-corrected chi connectivity index (χ3v) is 2.59. The number of benzene rings is 1. The van der Waals surface area contributed by atoms with Crippen LogP contribution in [0.25, 0.3) is 0 Å². The van der Waals surface area contributed by atoms with Crippen molar-refractivity contribution < 1.29 is 9.13 Å². The van der Waals surface area contributed by atoms with Crippen molar-refractivity contribution in [2.24, 2.45) is 0 Å². The van der Waals surface area contributed by atoms with E-state index in [2.05, 4.69) is 20.9 Å². The zero-order valence-corrected chi connectivity index (χ0v) is 10.8. The molecule has 0 unspecified atom stereocenters. The topological polar surface area (TPSA) is 48.1 Å². The number of anilines is 1. The molecule has 17 heavy (non-hydrogen) atoms. The molecule has 2 rings (SSSR count). The molecule has 0 bridgehead atoms. The molecule has 2 aromatic rings. The summed E-state index contributed by atoms with van der Waals surface area (Å²) in [4.78, 5) is 3.88. The molecule has 0 aliphatic heterocycles. The van der Waals surface area contributed by atoms with E-state index >= 15 is 0 Å². The molecule has 88 valence electrons. The average molecular weight is 318 g/mol. The predicted molar refractivity (Wildman–Crippen MR) is 67.8 cm³/mol. The second-order valence-corrected chi connectivity index (χ2v) is 4.54. The lowest BCUT2D eigenvalue weighted by atomic mass is 10.3. The van der Waals surface area contributed by atoms with E-state index in [9.17, 15) is 4.39 Å². The number of aromatic nitrogens is 1. The van der Waals surface area contributed by atoms with Crippen molar-refractivity contribution in [1.82, 2.24) is 4.98 Å². The van der Waals surface area contributed by atoms with Crippen LogP contribution in [0.4, 0.5) is 10.1 Å². The normalized spacial score (nSPS) is 10.3. The second-order valence-electron chi connectivity index (χ2n) is 3.24. The van der Waals surface area contributed by atoms with E-state index in [1.165, 1.54) is 24.3 Å². The number of ether oxygens (including phenoxy) is 1. The predicted octanol–water partition coefficient (Wildman–Crippen LogP) is 4.01. The molecule has 1 aromatic heterocycles. The summed E-state index contributed by atoms with van der Waals surface area (Å²) in [5.41, 5.74) is 5.97. The molecule has 0 atom stereocenters. The van der Waals surface area contributed by atoms with Gasteiger partial charge in [-0.15, -0.1) is 0 Å². The molecule has 0 aliphatic carbocycles. The lowest BCUT2D eigenvalue weighted by Gasteiger charge is -2.07. The number of halogens is 3. The number of hydrogen-bond acceptors (Lipinski definition) is 3. The van der Waals surface area contributed by atoms with Crippen molar-refractivity contribution in [2.75, 3.05) is 5.73 Å². The van der Waals surface area contributed by atoms with E-state index in [0.717, 1.165) is 0 Å². The van der Waals surface area contributed by atoms with Crippen molar-refractivity contribution in [2.45, 2.75) is 0 Å². The quantitative estimate of drug-likeness (QED) is 0.851. The highest BCUT2D eigenvalue weighted by Crippen LogP contribution is 2.28. The summed E-state index contributed by atoms with van der Waals surface area (Å²) >= 11 is 8.93. The largest absolute Gasteiger partial charge is 0.436 e. The van der Waals surface area contributed by atoms with Crippen molar-refractivity contribution in [1.29, 1.82) is 0 Å². The summed E-state index contributed by atoms with van der Waals surface area (Å²) in [5.74, 6) is -0.297. The molecular weight excluding hydrogens is 310 g/mol. The first-order valence-electron chi connectivity index (χ1n) is 4.60. The lowest BCUT2D eigenvalue weighted by molar-refractivity contribution is 0.427. The van der Waals surface area contributed by atoms with Gasteiger partial charge in [-0.3, -0.25) is 0 Å². The Kier molecular flexibility index (Phi) is 3.49. The van der Waals surface area contributed by atoms with E-state index in [-0.39, 0.29) is 16.8 Å². The van der Waals surface area contributed by atoms with Crippen molar-refractivity contribution >= 4 is 33.2 Å². The molecule has 6 heteroatoms. The van der Waals surface area contributed by atoms with E-state index in [1.807, 2.05) is 0 Å². The van der Waals surface area contributed by atoms with Gasteiger partial charge in [-0.2, -0.15) is 0 Å². The maximum atomic E-state index is 13.4. The zero-order valence-electron chi connectivity index (χ0n) is 8.45. The smallest absolute Gasteiger partial charge is 0.222 e. The third-order valence-electron chi connectivity index (χ3n) is 1.90. The van der Waals surface area contributed by atoms with Gasteiger partial charge in [0.25, 0.3) is 0 Å². The molecule has 0 fully saturated rings. The third kappa shape index (κ3) is 3.08. The second kappa shape index (κ2) is 4.89. The summed E-state index contributed by atoms with van der Waals surface area (Å²) in [6, 6.07) is 7.29. The van der Waals surface area contributed by atoms with Crippen LogP contribution in [0, 0.1) is 5.82 Å². The van der Waals surface area contributed by atoms with Gasteiger partial charge in [-0.1, -0.05) is 27.5 Å². The van der Waals surface area contributed by atoms with Crippen LogP contribution in [0.5, 0.6) is 11.6 Å². The molecule has 2 N–H and O–H groups in total. The first-order chi connectivity index (χ1) is 8.04. The summed E-state index contributed by atoms with van der Waals surface area (Å²) in [6.45, 7) is 0. The summed E-state index contributed by atoms with van der Waals surface area (Å²) in [6.07, 6.45) is 0. The van der Waals surface area contributed by atoms with Crippen LogP contribution in [0.1, 0.15) is 0 Å². The molecule has 0 saturated heterocycles. The first-order valence-corrected chi connectivity index (χ1v) is 5.77. The van der Waals surface area contributed by atoms with E-state index in [0.29, 0.717) is 10.2 Å². The Labute approximate surface area is 110 Å². The molecule has 1 heterocycles. The SMILES string of the molecule is Nc1cc(Cl)nc(Oc2cc(Br)ccc2F)c1. The number of nitrogens with zero attached hydrogens (tertiary/aromatic N) is 1. The van der Waals surface area contributed by atoms with Gasteiger partial charge in [0.1, 0.15) is 5.15 Å². The van der Waals surface area contributed by atoms with E-state index < -0.39 is 5.82 Å². The number of nitrogens with two attached hydrogens (primary N) is 1. The van der Waals surface area contributed by atoms with Crippen molar-refractivity contribution in [3.63, 3.8) is 0 Å². The molecule has 0 amide bonds. The molecule has 3 nitrogen and oxygen atoms in total. The maximum Gasteiger partial charge on any atom is 0.222 e. The minimum Gasteiger partial charge on any atom is -0.436 e. The van der Waals surface area contributed by atoms with Gasteiger partial charge in [-0.05, 0) is 24.3 Å². The van der Waals surface area contributed by atoms with Crippen LogP contribution >= 0.6 is 27.5 Å². The molecular formula is C11H7BrClFN2O. The van der Waals surface area contributed by atoms with E-state index in [1.54, 1.807) is 6.07 Å². The minimum atomic E-state index is -0.492. The van der Waals surface area contributed by atoms with Crippen LogP contribution in [-0.4, -0.2) is 4.98 Å². The Morgan fingerprint density at radius 3 is 2.76 bits per heavy atom. The fourth-order valence-corrected chi connectivity index (χ4v) is 1.76. The highest BCUT2D eigenvalue weighted by Gasteiger charge is 2.07. The monoisotopic (exact) mass is 316 g/mol. The summed E-state index contributed by atoms with van der Waals surface area (Å²) in [7, 11) is 0. The van der Waals surface area contributed by atoms with E-state index in [4.69, 9.17) is 22.1 Å². The maximum absolute atomic E-state index is 13.4. The molecule has 0 radical (unpaired) electrons. The van der Waals surface area contributed by atoms with Crippen LogP contribution < -0.4 is 10.5 Å². The lowest BCUT2D eigenvalue weighted by Crippen LogP contribution is -1.93. The summed E-state index contributed by atoms with van der Waals surface area (Å²) in [5, 5.41) is 0.190. The number of nitrogen functional groups attached to an aromatic ring is 1.